The van der Waals surface area contributed by atoms with Crippen molar-refractivity contribution in [2.75, 3.05) is 13.7 Å². The molecule has 0 saturated heterocycles. The van der Waals surface area contributed by atoms with Crippen LogP contribution in [0.1, 0.15) is 26.5 Å². The van der Waals surface area contributed by atoms with Crippen LogP contribution in [0.2, 0.25) is 0 Å². The highest BCUT2D eigenvalue weighted by molar-refractivity contribution is 5.96. The van der Waals surface area contributed by atoms with Crippen molar-refractivity contribution in [1.29, 1.82) is 0 Å². The van der Waals surface area contributed by atoms with Crippen molar-refractivity contribution < 1.29 is 19.4 Å². The average Bonchev–Trinajstić information content (AvgIpc) is 3.31. The average molecular weight is 367 g/mol. The van der Waals surface area contributed by atoms with Gasteiger partial charge >= 0.3 is 5.97 Å². The van der Waals surface area contributed by atoms with Gasteiger partial charge in [-0.1, -0.05) is 0 Å². The molecule has 1 amide bonds. The summed E-state index contributed by atoms with van der Waals surface area (Å²) in [6.07, 6.45) is 1.70. The molecule has 0 saturated carbocycles. The molecule has 2 N–H and O–H groups in total. The molecule has 2 aromatic heterocycles. The fraction of sp³-hybridized carbons (Fsp3) is 0.222. The number of aromatic amines is 1. The van der Waals surface area contributed by atoms with Gasteiger partial charge in [0.05, 0.1) is 25.5 Å². The number of nitrogens with one attached hydrogen (secondary N) is 1. The molecule has 27 heavy (non-hydrogen) atoms. The molecular formula is C18H17N5O4. The third-order valence-electron chi connectivity index (χ3n) is 4.54. The van der Waals surface area contributed by atoms with Gasteiger partial charge in [0.1, 0.15) is 11.4 Å². The van der Waals surface area contributed by atoms with Gasteiger partial charge in [-0.05, 0) is 24.3 Å². The number of carboxylic acids is 1. The predicted octanol–water partition coefficient (Wildman–Crippen LogP) is 1.64. The van der Waals surface area contributed by atoms with E-state index in [0.29, 0.717) is 19.6 Å². The van der Waals surface area contributed by atoms with Gasteiger partial charge in [0.15, 0.2) is 5.69 Å². The second kappa shape index (κ2) is 6.60. The van der Waals surface area contributed by atoms with Crippen LogP contribution in [-0.2, 0) is 13.1 Å². The third-order valence-corrected chi connectivity index (χ3v) is 4.54. The number of rotatable bonds is 5. The van der Waals surface area contributed by atoms with Crippen LogP contribution in [0.5, 0.6) is 5.75 Å². The first kappa shape index (κ1) is 16.8. The van der Waals surface area contributed by atoms with Gasteiger partial charge in [-0.3, -0.25) is 14.6 Å². The van der Waals surface area contributed by atoms with Crippen LogP contribution in [0.15, 0.2) is 36.5 Å². The highest BCUT2D eigenvalue weighted by Gasteiger charge is 2.28. The van der Waals surface area contributed by atoms with E-state index in [4.69, 9.17) is 9.84 Å². The lowest BCUT2D eigenvalue weighted by atomic mass is 10.1. The van der Waals surface area contributed by atoms with Gasteiger partial charge in [-0.15, -0.1) is 0 Å². The van der Waals surface area contributed by atoms with Crippen LogP contribution in [0, 0.1) is 0 Å². The predicted molar refractivity (Wildman–Crippen MR) is 94.5 cm³/mol. The van der Waals surface area contributed by atoms with E-state index in [1.807, 2.05) is 24.3 Å². The van der Waals surface area contributed by atoms with Crippen molar-refractivity contribution in [3.05, 3.63) is 53.5 Å². The quantitative estimate of drug-likeness (QED) is 0.709. The fourth-order valence-corrected chi connectivity index (χ4v) is 3.14. The lowest BCUT2D eigenvalue weighted by molar-refractivity contribution is 0.0671. The number of aromatic carboxylic acids is 1. The zero-order valence-electron chi connectivity index (χ0n) is 14.5. The molecule has 9 nitrogen and oxygen atoms in total. The van der Waals surface area contributed by atoms with Gasteiger partial charge in [-0.2, -0.15) is 10.2 Å². The molecule has 0 radical (unpaired) electrons. The fourth-order valence-electron chi connectivity index (χ4n) is 3.14. The molecule has 0 bridgehead atoms. The molecule has 0 unspecified atom stereocenters. The summed E-state index contributed by atoms with van der Waals surface area (Å²) < 4.78 is 6.62. The van der Waals surface area contributed by atoms with Gasteiger partial charge in [0.25, 0.3) is 5.91 Å². The Labute approximate surface area is 154 Å². The number of carbonyl (C=O) groups is 2. The van der Waals surface area contributed by atoms with Gasteiger partial charge < -0.3 is 14.7 Å². The number of nitrogens with zero attached hydrogens (tertiary/aromatic N) is 4. The molecule has 0 aliphatic carbocycles. The molecule has 1 aromatic carbocycles. The topological polar surface area (TPSA) is 113 Å². The summed E-state index contributed by atoms with van der Waals surface area (Å²) in [6.45, 7) is 1.26. The van der Waals surface area contributed by atoms with Crippen molar-refractivity contribution in [1.82, 2.24) is 24.9 Å². The second-order valence-electron chi connectivity index (χ2n) is 6.17. The van der Waals surface area contributed by atoms with E-state index < -0.39 is 5.97 Å². The molecule has 1 aliphatic heterocycles. The Bertz CT molecular complexity index is 1010. The van der Waals surface area contributed by atoms with E-state index in [0.717, 1.165) is 22.6 Å². The number of fused-ring (bicyclic) bond motifs is 1. The highest BCUT2D eigenvalue weighted by atomic mass is 16.5. The molecular weight excluding hydrogens is 350 g/mol. The standard InChI is InChI=1S/C18H17N5O4/c1-27-13-4-2-11(3-5-13)16-12(9-19-20-16)10-22-6-7-23-15(17(22)24)8-14(21-23)18(25)26/h2-5,8-9H,6-7,10H2,1H3,(H,19,20)(H,25,26). The molecule has 9 heteroatoms. The Balaban J connectivity index is 1.57. The first-order valence-electron chi connectivity index (χ1n) is 8.34. The van der Waals surface area contributed by atoms with Crippen molar-refractivity contribution in [3.63, 3.8) is 0 Å². The van der Waals surface area contributed by atoms with E-state index in [9.17, 15) is 9.59 Å². The van der Waals surface area contributed by atoms with E-state index in [1.165, 1.54) is 10.7 Å². The molecule has 0 fully saturated rings. The summed E-state index contributed by atoms with van der Waals surface area (Å²) in [5.41, 5.74) is 2.80. The summed E-state index contributed by atoms with van der Waals surface area (Å²) in [7, 11) is 1.61. The first-order valence-corrected chi connectivity index (χ1v) is 8.34. The number of carbonyl (C=O) groups excluding carboxylic acids is 1. The number of methoxy groups -OCH3 is 1. The molecule has 1 aliphatic rings. The van der Waals surface area contributed by atoms with Gasteiger partial charge in [0, 0.05) is 30.3 Å². The van der Waals surface area contributed by atoms with Crippen molar-refractivity contribution in [2.24, 2.45) is 0 Å². The molecule has 0 spiro atoms. The molecule has 3 heterocycles. The number of hydrogen-bond acceptors (Lipinski definition) is 5. The number of hydrogen-bond donors (Lipinski definition) is 2. The van der Waals surface area contributed by atoms with E-state index in [-0.39, 0.29) is 17.3 Å². The number of benzene rings is 1. The second-order valence-corrected chi connectivity index (χ2v) is 6.17. The molecule has 138 valence electrons. The van der Waals surface area contributed by atoms with E-state index in [1.54, 1.807) is 18.2 Å². The SMILES string of the molecule is COc1ccc(-c2[nH]ncc2CN2CCn3nc(C(=O)O)cc3C2=O)cc1. The largest absolute Gasteiger partial charge is 0.497 e. The van der Waals surface area contributed by atoms with Crippen LogP contribution < -0.4 is 4.74 Å². The summed E-state index contributed by atoms with van der Waals surface area (Å²) >= 11 is 0. The minimum absolute atomic E-state index is 0.123. The maximum atomic E-state index is 12.7. The summed E-state index contributed by atoms with van der Waals surface area (Å²) in [5.74, 6) is -0.635. The minimum Gasteiger partial charge on any atom is -0.497 e. The minimum atomic E-state index is -1.15. The van der Waals surface area contributed by atoms with Gasteiger partial charge in [0.2, 0.25) is 0 Å². The maximum Gasteiger partial charge on any atom is 0.356 e. The number of amides is 1. The number of carboxylic acid groups (broad SMARTS) is 1. The van der Waals surface area contributed by atoms with Crippen LogP contribution in [-0.4, -0.2) is 55.5 Å². The Morgan fingerprint density at radius 3 is 2.78 bits per heavy atom. The third kappa shape index (κ3) is 3.03. The van der Waals surface area contributed by atoms with Crippen molar-refractivity contribution in [2.45, 2.75) is 13.1 Å². The Hall–Kier alpha value is -3.62. The summed E-state index contributed by atoms with van der Waals surface area (Å²) in [4.78, 5) is 25.5. The van der Waals surface area contributed by atoms with Crippen molar-refractivity contribution >= 4 is 11.9 Å². The summed E-state index contributed by atoms with van der Waals surface area (Å²) in [5, 5.41) is 20.1. The molecule has 3 aromatic rings. The highest BCUT2D eigenvalue weighted by Crippen LogP contribution is 2.26. The van der Waals surface area contributed by atoms with Gasteiger partial charge in [-0.25, -0.2) is 4.79 Å². The van der Waals surface area contributed by atoms with Crippen LogP contribution >= 0.6 is 0 Å². The van der Waals surface area contributed by atoms with Crippen LogP contribution in [0.4, 0.5) is 0 Å². The normalized spacial score (nSPS) is 13.5. The number of ether oxygens (including phenoxy) is 1. The maximum absolute atomic E-state index is 12.7. The summed E-state index contributed by atoms with van der Waals surface area (Å²) in [6, 6.07) is 8.87. The molecule has 0 atom stereocenters. The number of aromatic nitrogens is 4. The van der Waals surface area contributed by atoms with Crippen LogP contribution in [0.3, 0.4) is 0 Å². The lowest BCUT2D eigenvalue weighted by Gasteiger charge is -2.27. The Morgan fingerprint density at radius 1 is 1.30 bits per heavy atom. The Morgan fingerprint density at radius 2 is 2.07 bits per heavy atom. The first-order chi connectivity index (χ1) is 13.1. The Kier molecular flexibility index (Phi) is 4.11. The van der Waals surface area contributed by atoms with E-state index >= 15 is 0 Å². The monoisotopic (exact) mass is 367 g/mol. The smallest absolute Gasteiger partial charge is 0.356 e. The number of H-pyrrole nitrogens is 1. The zero-order chi connectivity index (χ0) is 19.0. The molecule has 4 rings (SSSR count). The van der Waals surface area contributed by atoms with Crippen molar-refractivity contribution in [3.8, 4) is 17.0 Å². The van der Waals surface area contributed by atoms with E-state index in [2.05, 4.69) is 15.3 Å². The lowest BCUT2D eigenvalue weighted by Crippen LogP contribution is -2.39. The van der Waals surface area contributed by atoms with Crippen LogP contribution in [0.25, 0.3) is 11.3 Å². The zero-order valence-corrected chi connectivity index (χ0v) is 14.5.